The van der Waals surface area contributed by atoms with Crippen molar-refractivity contribution in [1.29, 1.82) is 0 Å². The first-order valence-electron chi connectivity index (χ1n) is 7.91. The van der Waals surface area contributed by atoms with Gasteiger partial charge in [-0.1, -0.05) is 30.2 Å². The molecule has 1 aromatic carbocycles. The second-order valence-corrected chi connectivity index (χ2v) is 6.87. The summed E-state index contributed by atoms with van der Waals surface area (Å²) < 4.78 is 0. The number of nitrogens with two attached hydrogens (primary N) is 1. The third-order valence-corrected chi connectivity index (χ3v) is 5.40. The zero-order chi connectivity index (χ0) is 14.9. The first-order valence-corrected chi connectivity index (χ1v) is 8.29. The minimum absolute atomic E-state index is 0.300. The van der Waals surface area contributed by atoms with Crippen molar-refractivity contribution in [3.05, 3.63) is 34.9 Å². The van der Waals surface area contributed by atoms with Crippen LogP contribution in [0.25, 0.3) is 0 Å². The molecule has 1 amide bonds. The van der Waals surface area contributed by atoms with Gasteiger partial charge in [-0.3, -0.25) is 4.79 Å². The normalized spacial score (nSPS) is 24.5. The van der Waals surface area contributed by atoms with Crippen molar-refractivity contribution in [1.82, 2.24) is 4.90 Å². The van der Waals surface area contributed by atoms with Crippen LogP contribution in [-0.4, -0.2) is 30.4 Å². The van der Waals surface area contributed by atoms with Gasteiger partial charge in [-0.25, -0.2) is 0 Å². The summed E-state index contributed by atoms with van der Waals surface area (Å²) in [7, 11) is 0. The van der Waals surface area contributed by atoms with E-state index in [0.29, 0.717) is 18.4 Å². The summed E-state index contributed by atoms with van der Waals surface area (Å²) in [6.45, 7) is 2.38. The Morgan fingerprint density at radius 2 is 2.00 bits per heavy atom. The maximum absolute atomic E-state index is 13.1. The number of amides is 1. The molecule has 1 saturated heterocycles. The molecule has 0 aromatic heterocycles. The first kappa shape index (κ1) is 14.9. The molecular formula is C17H23ClN2O. The highest BCUT2D eigenvalue weighted by Crippen LogP contribution is 2.45. The van der Waals surface area contributed by atoms with Gasteiger partial charge in [-0.2, -0.15) is 0 Å². The van der Waals surface area contributed by atoms with E-state index in [2.05, 4.69) is 4.90 Å². The van der Waals surface area contributed by atoms with Crippen molar-refractivity contribution in [3.63, 3.8) is 0 Å². The summed E-state index contributed by atoms with van der Waals surface area (Å²) in [5, 5.41) is 0.724. The zero-order valence-corrected chi connectivity index (χ0v) is 13.1. The van der Waals surface area contributed by atoms with Crippen molar-refractivity contribution in [3.8, 4) is 0 Å². The standard InChI is InChI=1S/C17H23ClN2O/c18-15-6-4-14(5-7-15)17(8-2-9-17)16(21)20-10-1-3-13(11-19)12-20/h4-7,13H,1-3,8-12,19H2/t13-/m0/s1. The molecule has 21 heavy (non-hydrogen) atoms. The van der Waals surface area contributed by atoms with Crippen LogP contribution in [-0.2, 0) is 10.2 Å². The number of likely N-dealkylation sites (tertiary alicyclic amines) is 1. The van der Waals surface area contributed by atoms with Crippen molar-refractivity contribution in [2.45, 2.75) is 37.5 Å². The van der Waals surface area contributed by atoms with Crippen LogP contribution in [0.2, 0.25) is 5.02 Å². The van der Waals surface area contributed by atoms with Crippen LogP contribution in [0.4, 0.5) is 0 Å². The highest BCUT2D eigenvalue weighted by Gasteiger charge is 2.48. The van der Waals surface area contributed by atoms with E-state index in [-0.39, 0.29) is 5.41 Å². The average molecular weight is 307 g/mol. The lowest BCUT2D eigenvalue weighted by molar-refractivity contribution is -0.142. The molecular weight excluding hydrogens is 284 g/mol. The summed E-state index contributed by atoms with van der Waals surface area (Å²) >= 11 is 5.98. The number of rotatable bonds is 3. The van der Waals surface area contributed by atoms with E-state index in [1.54, 1.807) is 0 Å². The van der Waals surface area contributed by atoms with Gasteiger partial charge in [-0.15, -0.1) is 0 Å². The van der Waals surface area contributed by atoms with E-state index >= 15 is 0 Å². The lowest BCUT2D eigenvalue weighted by atomic mass is 9.63. The largest absolute Gasteiger partial charge is 0.342 e. The van der Waals surface area contributed by atoms with Crippen LogP contribution in [0, 0.1) is 5.92 Å². The number of halogens is 1. The zero-order valence-electron chi connectivity index (χ0n) is 12.4. The maximum atomic E-state index is 13.1. The Morgan fingerprint density at radius 1 is 1.29 bits per heavy atom. The Morgan fingerprint density at radius 3 is 2.57 bits per heavy atom. The van der Waals surface area contributed by atoms with Crippen LogP contribution in [0.1, 0.15) is 37.7 Å². The quantitative estimate of drug-likeness (QED) is 0.933. The number of benzene rings is 1. The molecule has 4 heteroatoms. The fourth-order valence-electron chi connectivity index (χ4n) is 3.67. The van der Waals surface area contributed by atoms with Crippen molar-refractivity contribution < 1.29 is 4.79 Å². The summed E-state index contributed by atoms with van der Waals surface area (Å²) in [5.74, 6) is 0.763. The van der Waals surface area contributed by atoms with Gasteiger partial charge in [-0.05, 0) is 55.8 Å². The molecule has 2 fully saturated rings. The Balaban J connectivity index is 1.82. The number of hydrogen-bond donors (Lipinski definition) is 1. The molecule has 3 rings (SSSR count). The maximum Gasteiger partial charge on any atom is 0.233 e. The second-order valence-electron chi connectivity index (χ2n) is 6.44. The Kier molecular flexibility index (Phi) is 4.23. The fourth-order valence-corrected chi connectivity index (χ4v) is 3.80. The lowest BCUT2D eigenvalue weighted by Crippen LogP contribution is -2.54. The molecule has 0 bridgehead atoms. The van der Waals surface area contributed by atoms with Crippen molar-refractivity contribution in [2.75, 3.05) is 19.6 Å². The number of hydrogen-bond acceptors (Lipinski definition) is 2. The molecule has 2 aliphatic rings. The predicted octanol–water partition coefficient (Wildman–Crippen LogP) is 2.96. The van der Waals surface area contributed by atoms with Crippen LogP contribution >= 0.6 is 11.6 Å². The van der Waals surface area contributed by atoms with Gasteiger partial charge < -0.3 is 10.6 Å². The summed E-state index contributed by atoms with van der Waals surface area (Å²) in [4.78, 5) is 15.2. The highest BCUT2D eigenvalue weighted by atomic mass is 35.5. The van der Waals surface area contributed by atoms with E-state index in [1.807, 2.05) is 24.3 Å². The van der Waals surface area contributed by atoms with Crippen LogP contribution in [0.15, 0.2) is 24.3 Å². The monoisotopic (exact) mass is 306 g/mol. The van der Waals surface area contributed by atoms with Gasteiger partial charge in [0.15, 0.2) is 0 Å². The van der Waals surface area contributed by atoms with Gasteiger partial charge in [0.1, 0.15) is 0 Å². The van der Waals surface area contributed by atoms with Gasteiger partial charge in [0.05, 0.1) is 5.41 Å². The summed E-state index contributed by atoms with van der Waals surface area (Å²) in [6.07, 6.45) is 5.26. The van der Waals surface area contributed by atoms with E-state index in [4.69, 9.17) is 17.3 Å². The van der Waals surface area contributed by atoms with E-state index in [1.165, 1.54) is 0 Å². The van der Waals surface area contributed by atoms with Gasteiger partial charge in [0.25, 0.3) is 0 Å². The summed E-state index contributed by atoms with van der Waals surface area (Å²) in [5.41, 5.74) is 6.61. The minimum Gasteiger partial charge on any atom is -0.342 e. The topological polar surface area (TPSA) is 46.3 Å². The molecule has 1 heterocycles. The first-order chi connectivity index (χ1) is 10.2. The Hall–Kier alpha value is -1.06. The number of piperidine rings is 1. The summed E-state index contributed by atoms with van der Waals surface area (Å²) in [6, 6.07) is 7.82. The highest BCUT2D eigenvalue weighted by molar-refractivity contribution is 6.30. The predicted molar refractivity (Wildman–Crippen MR) is 85.3 cm³/mol. The number of carbonyl (C=O) groups excluding carboxylic acids is 1. The molecule has 0 radical (unpaired) electrons. The fraction of sp³-hybridized carbons (Fsp3) is 0.588. The van der Waals surface area contributed by atoms with Crippen molar-refractivity contribution >= 4 is 17.5 Å². The number of carbonyl (C=O) groups is 1. The lowest BCUT2D eigenvalue weighted by Gasteiger charge is -2.46. The number of nitrogens with zero attached hydrogens (tertiary/aromatic N) is 1. The smallest absolute Gasteiger partial charge is 0.233 e. The Labute approximate surface area is 131 Å². The second kappa shape index (κ2) is 5.98. The molecule has 0 spiro atoms. The van der Waals surface area contributed by atoms with E-state index in [9.17, 15) is 4.79 Å². The van der Waals surface area contributed by atoms with Gasteiger partial charge >= 0.3 is 0 Å². The molecule has 1 atom stereocenters. The molecule has 0 unspecified atom stereocenters. The van der Waals surface area contributed by atoms with Crippen LogP contribution in [0.3, 0.4) is 0 Å². The van der Waals surface area contributed by atoms with Crippen LogP contribution in [0.5, 0.6) is 0 Å². The average Bonchev–Trinajstić information content (AvgIpc) is 2.48. The molecule has 3 nitrogen and oxygen atoms in total. The molecule has 2 N–H and O–H groups in total. The third-order valence-electron chi connectivity index (χ3n) is 5.15. The van der Waals surface area contributed by atoms with Crippen molar-refractivity contribution in [2.24, 2.45) is 11.7 Å². The van der Waals surface area contributed by atoms with Gasteiger partial charge in [0.2, 0.25) is 5.91 Å². The third kappa shape index (κ3) is 2.69. The SMILES string of the molecule is NC[C@@H]1CCCN(C(=O)C2(c3ccc(Cl)cc3)CCC2)C1. The molecule has 1 aromatic rings. The minimum atomic E-state index is -0.304. The van der Waals surface area contributed by atoms with E-state index < -0.39 is 0 Å². The Bertz CT molecular complexity index is 510. The molecule has 114 valence electrons. The molecule has 1 aliphatic heterocycles. The molecule has 1 aliphatic carbocycles. The molecule has 1 saturated carbocycles. The van der Waals surface area contributed by atoms with Gasteiger partial charge in [0, 0.05) is 18.1 Å². The van der Waals surface area contributed by atoms with E-state index in [0.717, 1.165) is 55.8 Å². The van der Waals surface area contributed by atoms with Crippen LogP contribution < -0.4 is 5.73 Å².